The molecule has 8 N–H and O–H groups in total. The van der Waals surface area contributed by atoms with E-state index in [0.29, 0.717) is 29.8 Å². The molecule has 2 fully saturated rings. The molecule has 1 aromatic carbocycles. The van der Waals surface area contributed by atoms with E-state index in [-0.39, 0.29) is 187 Å². The summed E-state index contributed by atoms with van der Waals surface area (Å²) in [6.07, 6.45) is 2.46. The van der Waals surface area contributed by atoms with Gasteiger partial charge in [-0.25, -0.2) is 9.59 Å². The second kappa shape index (κ2) is 31.7. The van der Waals surface area contributed by atoms with Crippen molar-refractivity contribution >= 4 is 76.8 Å². The average molecular weight is 1120 g/mol. The Balaban J connectivity index is 0.0000159. The van der Waals surface area contributed by atoms with Crippen LogP contribution in [-0.4, -0.2) is 213 Å². The van der Waals surface area contributed by atoms with E-state index < -0.39 is 53.7 Å². The molecule has 2 aliphatic heterocycles. The Morgan fingerprint density at radius 1 is 0.676 bits per heavy atom. The fourth-order valence-electron chi connectivity index (χ4n) is 7.46. The van der Waals surface area contributed by atoms with Crippen LogP contribution in [0.1, 0.15) is 57.4 Å². The van der Waals surface area contributed by atoms with Crippen molar-refractivity contribution in [1.29, 1.82) is 0 Å². The first kappa shape index (κ1) is 59.8. The van der Waals surface area contributed by atoms with Crippen molar-refractivity contribution < 1.29 is 108 Å². The van der Waals surface area contributed by atoms with Gasteiger partial charge in [0.2, 0.25) is 23.6 Å². The van der Waals surface area contributed by atoms with Crippen LogP contribution < -0.4 is 21.3 Å². The second-order valence-electron chi connectivity index (χ2n) is 16.6. The van der Waals surface area contributed by atoms with E-state index in [9.17, 15) is 68.4 Å². The number of aliphatic carboxylic acids is 4. The molecule has 3 rings (SSSR count). The number of carboxylic acid groups (broad SMARTS) is 4. The third kappa shape index (κ3) is 23.3. The molecule has 3 atom stereocenters. The number of hydrogen-bond acceptors (Lipinski definition) is 15. The van der Waals surface area contributed by atoms with Gasteiger partial charge in [-0.3, -0.25) is 62.9 Å². The quantitative estimate of drug-likeness (QED) is 0.0429. The molecule has 25 heteroatoms. The minimum absolute atomic E-state index is 0. The number of anilines is 1. The smallest absolute Gasteiger partial charge is 0.326 e. The van der Waals surface area contributed by atoms with Crippen molar-refractivity contribution in [2.75, 3.05) is 102 Å². The van der Waals surface area contributed by atoms with Gasteiger partial charge < -0.3 is 41.7 Å². The summed E-state index contributed by atoms with van der Waals surface area (Å²) >= 11 is 1.46. The van der Waals surface area contributed by atoms with Crippen LogP contribution in [0.2, 0.25) is 0 Å². The van der Waals surface area contributed by atoms with Crippen molar-refractivity contribution in [3.05, 3.63) is 29.8 Å². The topological polar surface area (TPSA) is 316 Å². The maximum Gasteiger partial charge on any atom is 0.326 e. The van der Waals surface area contributed by atoms with E-state index in [1.165, 1.54) is 16.7 Å². The molecular weight excluding hydrogens is 1060 g/mol. The molecule has 0 bridgehead atoms. The van der Waals surface area contributed by atoms with E-state index in [1.54, 1.807) is 50.8 Å². The monoisotopic (exact) mass is 1120 g/mol. The predicted molar refractivity (Wildman–Crippen MR) is 244 cm³/mol. The zero-order chi connectivity index (χ0) is 49.5. The number of imide groups is 1. The molecular formula is C43H65GdN9O14S. The van der Waals surface area contributed by atoms with Gasteiger partial charge in [0, 0.05) is 136 Å². The van der Waals surface area contributed by atoms with Crippen LogP contribution in [0.3, 0.4) is 0 Å². The number of carbonyl (C=O) groups excluding carboxylic acids is 6. The molecule has 6 amide bonds. The maximum atomic E-state index is 13.2. The van der Waals surface area contributed by atoms with Crippen molar-refractivity contribution in [2.24, 2.45) is 5.92 Å². The third-order valence-corrected chi connectivity index (χ3v) is 11.8. The fraction of sp³-hybridized carbons (Fsp3) is 0.628. The Morgan fingerprint density at radius 3 is 1.65 bits per heavy atom. The van der Waals surface area contributed by atoms with E-state index in [1.807, 2.05) is 6.26 Å². The number of likely N-dealkylation sites (tertiary alicyclic amines) is 1. The molecule has 23 nitrogen and oxygen atoms in total. The van der Waals surface area contributed by atoms with Gasteiger partial charge in [-0.15, -0.1) is 0 Å². The molecule has 1 unspecified atom stereocenters. The standard InChI is InChI=1S/C43H65N9O14S.Gd/c1-29-23-37(56)52(41(29)63)13-4-3-5-33(42(64)65)46-35(54)11-10-34(53)32(12-22-67-2)47-43(66)45-31-8-6-30(7-9-31)24-44-36(55)25-48-14-16-49(26-38(57)58)18-20-51(28-40(61)62)21-19-50(17-15-48)27-39(59)60;/h6-9,29,32-33H,3-5,10-28H2,1-2H3,(H,44,55)(H,46,54)(H,57,58)(H,59,60)(H,61,62)(H,64,65)(H2,45,47,66);/t29?,32-,33-;/m0./s1. The van der Waals surface area contributed by atoms with E-state index in [2.05, 4.69) is 21.3 Å². The molecule has 0 spiro atoms. The van der Waals surface area contributed by atoms with Gasteiger partial charge in [0.25, 0.3) is 0 Å². The third-order valence-electron chi connectivity index (χ3n) is 11.2. The molecule has 0 aromatic heterocycles. The number of thioether (sulfide) groups is 1. The van der Waals surface area contributed by atoms with Gasteiger partial charge in [-0.05, 0) is 55.4 Å². The summed E-state index contributed by atoms with van der Waals surface area (Å²) < 4.78 is 0. The van der Waals surface area contributed by atoms with Crippen LogP contribution in [0.4, 0.5) is 10.5 Å². The molecule has 0 saturated carbocycles. The van der Waals surface area contributed by atoms with Crippen LogP contribution in [0.5, 0.6) is 0 Å². The fourth-order valence-corrected chi connectivity index (χ4v) is 7.93. The van der Waals surface area contributed by atoms with E-state index >= 15 is 0 Å². The normalized spacial score (nSPS) is 17.7. The summed E-state index contributed by atoms with van der Waals surface area (Å²) in [6, 6.07) is 3.75. The zero-order valence-corrected chi connectivity index (χ0v) is 41.6. The van der Waals surface area contributed by atoms with Gasteiger partial charge in [-0.1, -0.05) is 19.1 Å². The number of amides is 6. The number of benzene rings is 1. The van der Waals surface area contributed by atoms with Crippen LogP contribution in [0, 0.1) is 45.9 Å². The summed E-state index contributed by atoms with van der Waals surface area (Å²) in [5.74, 6) is -6.20. The molecule has 380 valence electrons. The Hall–Kier alpha value is -4.37. The summed E-state index contributed by atoms with van der Waals surface area (Å²) in [5, 5.41) is 48.6. The number of nitrogens with zero attached hydrogens (tertiary/aromatic N) is 5. The van der Waals surface area contributed by atoms with Gasteiger partial charge in [0.1, 0.15) is 6.04 Å². The van der Waals surface area contributed by atoms with Crippen molar-refractivity contribution in [1.82, 2.24) is 40.4 Å². The Morgan fingerprint density at radius 2 is 1.19 bits per heavy atom. The van der Waals surface area contributed by atoms with E-state index in [0.717, 1.165) is 0 Å². The maximum absolute atomic E-state index is 13.2. The molecule has 0 aliphatic carbocycles. The van der Waals surface area contributed by atoms with Crippen LogP contribution in [-0.2, 0) is 49.7 Å². The summed E-state index contributed by atoms with van der Waals surface area (Å²) in [7, 11) is 0. The van der Waals surface area contributed by atoms with Gasteiger partial charge in [0.05, 0.1) is 32.2 Å². The van der Waals surface area contributed by atoms with E-state index in [4.69, 9.17) is 0 Å². The van der Waals surface area contributed by atoms with Crippen LogP contribution in [0.25, 0.3) is 0 Å². The van der Waals surface area contributed by atoms with Gasteiger partial charge >= 0.3 is 29.9 Å². The minimum Gasteiger partial charge on any atom is -0.480 e. The molecule has 2 heterocycles. The summed E-state index contributed by atoms with van der Waals surface area (Å²) in [5.41, 5.74) is 1.08. The number of Topliss-reactive ketones (excluding diaryl/α,β-unsaturated/α-hetero) is 1. The molecule has 68 heavy (non-hydrogen) atoms. The molecule has 2 aliphatic rings. The Labute approximate surface area is 431 Å². The number of carboxylic acids is 4. The Bertz CT molecular complexity index is 1870. The Kier molecular flexibility index (Phi) is 27.9. The first-order valence-corrected chi connectivity index (χ1v) is 23.6. The number of nitrogens with one attached hydrogen (secondary N) is 4. The number of unbranched alkanes of at least 4 members (excludes halogenated alkanes) is 1. The largest absolute Gasteiger partial charge is 0.480 e. The number of carbonyl (C=O) groups is 10. The number of hydrogen-bond donors (Lipinski definition) is 8. The van der Waals surface area contributed by atoms with Crippen LogP contribution >= 0.6 is 11.8 Å². The minimum atomic E-state index is -1.26. The van der Waals surface area contributed by atoms with Crippen molar-refractivity contribution in [3.63, 3.8) is 0 Å². The number of urea groups is 1. The summed E-state index contributed by atoms with van der Waals surface area (Å²) in [4.78, 5) is 131. The van der Waals surface area contributed by atoms with Gasteiger partial charge in [-0.2, -0.15) is 11.8 Å². The second-order valence-corrected chi connectivity index (χ2v) is 17.6. The average Bonchev–Trinajstić information content (AvgIpc) is 3.50. The first-order valence-electron chi connectivity index (χ1n) is 22.2. The van der Waals surface area contributed by atoms with Crippen molar-refractivity contribution in [3.8, 4) is 0 Å². The zero-order valence-electron chi connectivity index (χ0n) is 38.5. The van der Waals surface area contributed by atoms with Gasteiger partial charge in [0.15, 0.2) is 5.78 Å². The first-order chi connectivity index (χ1) is 31.8. The summed E-state index contributed by atoms with van der Waals surface area (Å²) in [6.45, 7) is 3.15. The number of rotatable bonds is 26. The molecule has 0 radical (unpaired) electrons. The van der Waals surface area contributed by atoms with Crippen molar-refractivity contribution in [2.45, 2.75) is 70.5 Å². The SMILES string of the molecule is CSCC[C@H](NC(=O)Nc1ccc(CNC(=O)CN2CCN(CC(=O)O)CCN(CC(=O)O)CCN(CC(=O)O)CC2)cc1)C(=O)CCC(=O)N[C@@H](CCCCN1C(=O)CC(C)C1=O)C(=O)O.[Gd]. The number of ketones is 1. The van der Waals surface area contributed by atoms with Crippen LogP contribution in [0.15, 0.2) is 24.3 Å². The molecule has 1 aromatic rings. The predicted octanol–water partition coefficient (Wildman–Crippen LogP) is -0.495. The molecule has 2 saturated heterocycles.